The van der Waals surface area contributed by atoms with Gasteiger partial charge >= 0.3 is 0 Å². The van der Waals surface area contributed by atoms with E-state index < -0.39 is 0 Å². The Kier molecular flexibility index (Phi) is 5.82. The van der Waals surface area contributed by atoms with Crippen LogP contribution in [0, 0.1) is 0 Å². The van der Waals surface area contributed by atoms with Crippen LogP contribution in [0.25, 0.3) is 0 Å². The highest BCUT2D eigenvalue weighted by atomic mass is 16.5. The van der Waals surface area contributed by atoms with Crippen LogP contribution < -0.4 is 10.1 Å². The molecule has 0 amide bonds. The van der Waals surface area contributed by atoms with Crippen LogP contribution in [-0.4, -0.2) is 6.54 Å². The molecule has 0 saturated carbocycles. The van der Waals surface area contributed by atoms with E-state index in [4.69, 9.17) is 4.74 Å². The van der Waals surface area contributed by atoms with Crippen molar-refractivity contribution in [3.05, 3.63) is 59.7 Å². The van der Waals surface area contributed by atoms with E-state index in [2.05, 4.69) is 62.5 Å². The van der Waals surface area contributed by atoms with Crippen LogP contribution in [0.2, 0.25) is 0 Å². The van der Waals surface area contributed by atoms with Gasteiger partial charge in [-0.2, -0.15) is 0 Å². The Balaban J connectivity index is 2.12. The molecule has 2 rings (SSSR count). The second kappa shape index (κ2) is 7.84. The summed E-state index contributed by atoms with van der Waals surface area (Å²) < 4.78 is 6.01. The first-order chi connectivity index (χ1) is 10.3. The maximum absolute atomic E-state index is 6.01. The van der Waals surface area contributed by atoms with Gasteiger partial charge in [0.2, 0.25) is 0 Å². The summed E-state index contributed by atoms with van der Waals surface area (Å²) in [6.07, 6.45) is 2.07. The molecule has 2 aromatic rings. The van der Waals surface area contributed by atoms with Crippen LogP contribution in [0.15, 0.2) is 48.5 Å². The summed E-state index contributed by atoms with van der Waals surface area (Å²) in [5, 5.41) is 3.50. The first-order valence-electron chi connectivity index (χ1n) is 7.87. The van der Waals surface area contributed by atoms with Gasteiger partial charge in [-0.1, -0.05) is 51.1 Å². The number of nitrogens with one attached hydrogen (secondary N) is 1. The minimum atomic E-state index is 0.423. The van der Waals surface area contributed by atoms with Gasteiger partial charge in [0.15, 0.2) is 0 Å². The Labute approximate surface area is 128 Å². The molecule has 1 unspecified atom stereocenters. The Hall–Kier alpha value is -1.80. The van der Waals surface area contributed by atoms with Gasteiger partial charge in [0.05, 0.1) is 0 Å². The molecule has 2 aromatic carbocycles. The van der Waals surface area contributed by atoms with E-state index in [1.165, 1.54) is 11.1 Å². The zero-order chi connectivity index (χ0) is 15.1. The minimum Gasteiger partial charge on any atom is -0.457 e. The molecular formula is C19H25NO. The van der Waals surface area contributed by atoms with E-state index in [9.17, 15) is 0 Å². The van der Waals surface area contributed by atoms with Crippen molar-refractivity contribution in [3.8, 4) is 11.5 Å². The first-order valence-corrected chi connectivity index (χ1v) is 7.87. The minimum absolute atomic E-state index is 0.423. The number of para-hydroxylation sites is 1. The maximum atomic E-state index is 6.01. The predicted octanol–water partition coefficient (Wildman–Crippen LogP) is 5.10. The van der Waals surface area contributed by atoms with Gasteiger partial charge in [0.25, 0.3) is 0 Å². The van der Waals surface area contributed by atoms with E-state index in [0.717, 1.165) is 30.9 Å². The molecule has 112 valence electrons. The standard InChI is InChI=1S/C19H25NO/c1-4-15-9-7-8-10-19(15)21-17-13-11-16(12-14-17)18(5-2)20-6-3/h7-14,18,20H,4-6H2,1-3H3. The molecule has 0 fully saturated rings. The van der Waals surface area contributed by atoms with Crippen LogP contribution in [0.4, 0.5) is 0 Å². The maximum Gasteiger partial charge on any atom is 0.130 e. The second-order valence-corrected chi connectivity index (χ2v) is 5.15. The molecule has 21 heavy (non-hydrogen) atoms. The SMILES string of the molecule is CCNC(CC)c1ccc(Oc2ccccc2CC)cc1. The zero-order valence-corrected chi connectivity index (χ0v) is 13.2. The third-order valence-corrected chi connectivity index (χ3v) is 3.72. The van der Waals surface area contributed by atoms with Gasteiger partial charge in [-0.15, -0.1) is 0 Å². The van der Waals surface area contributed by atoms with E-state index in [0.29, 0.717) is 6.04 Å². The summed E-state index contributed by atoms with van der Waals surface area (Å²) in [5.74, 6) is 1.84. The van der Waals surface area contributed by atoms with Gasteiger partial charge in [-0.3, -0.25) is 0 Å². The molecule has 0 saturated heterocycles. The molecule has 1 N–H and O–H groups in total. The molecular weight excluding hydrogens is 258 g/mol. The molecule has 0 heterocycles. The fourth-order valence-corrected chi connectivity index (χ4v) is 2.53. The quantitative estimate of drug-likeness (QED) is 0.763. The second-order valence-electron chi connectivity index (χ2n) is 5.15. The first kappa shape index (κ1) is 15.6. The van der Waals surface area contributed by atoms with Gasteiger partial charge < -0.3 is 10.1 Å². The summed E-state index contributed by atoms with van der Waals surface area (Å²) in [6, 6.07) is 17.1. The largest absolute Gasteiger partial charge is 0.457 e. The third-order valence-electron chi connectivity index (χ3n) is 3.72. The normalized spacial score (nSPS) is 12.1. The molecule has 0 aromatic heterocycles. The van der Waals surface area contributed by atoms with Crippen molar-refractivity contribution in [1.29, 1.82) is 0 Å². The molecule has 0 aliphatic rings. The van der Waals surface area contributed by atoms with Crippen LogP contribution in [0.3, 0.4) is 0 Å². The van der Waals surface area contributed by atoms with Crippen LogP contribution in [-0.2, 0) is 6.42 Å². The highest BCUT2D eigenvalue weighted by molar-refractivity contribution is 5.38. The Morgan fingerprint density at radius 3 is 2.29 bits per heavy atom. The average Bonchev–Trinajstić information content (AvgIpc) is 2.54. The number of hydrogen-bond acceptors (Lipinski definition) is 2. The Morgan fingerprint density at radius 1 is 0.952 bits per heavy atom. The highest BCUT2D eigenvalue weighted by Gasteiger charge is 2.08. The van der Waals surface area contributed by atoms with Crippen molar-refractivity contribution in [1.82, 2.24) is 5.32 Å². The van der Waals surface area contributed by atoms with E-state index in [1.807, 2.05) is 12.1 Å². The molecule has 0 aliphatic carbocycles. The fraction of sp³-hybridized carbons (Fsp3) is 0.368. The molecule has 2 nitrogen and oxygen atoms in total. The van der Waals surface area contributed by atoms with E-state index in [1.54, 1.807) is 0 Å². The zero-order valence-electron chi connectivity index (χ0n) is 13.2. The number of hydrogen-bond donors (Lipinski definition) is 1. The van der Waals surface area contributed by atoms with E-state index in [-0.39, 0.29) is 0 Å². The van der Waals surface area contributed by atoms with Crippen molar-refractivity contribution in [2.75, 3.05) is 6.54 Å². The summed E-state index contributed by atoms with van der Waals surface area (Å²) >= 11 is 0. The van der Waals surface area contributed by atoms with Crippen LogP contribution in [0.5, 0.6) is 11.5 Å². The third kappa shape index (κ3) is 4.08. The number of ether oxygens (including phenoxy) is 1. The van der Waals surface area contributed by atoms with Crippen molar-refractivity contribution >= 4 is 0 Å². The molecule has 0 spiro atoms. The van der Waals surface area contributed by atoms with Crippen LogP contribution in [0.1, 0.15) is 44.4 Å². The monoisotopic (exact) mass is 283 g/mol. The lowest BCUT2D eigenvalue weighted by atomic mass is 10.0. The smallest absolute Gasteiger partial charge is 0.130 e. The highest BCUT2D eigenvalue weighted by Crippen LogP contribution is 2.27. The number of benzene rings is 2. The van der Waals surface area contributed by atoms with Crippen molar-refractivity contribution in [2.24, 2.45) is 0 Å². The average molecular weight is 283 g/mol. The fourth-order valence-electron chi connectivity index (χ4n) is 2.53. The van der Waals surface area contributed by atoms with Gasteiger partial charge in [0.1, 0.15) is 11.5 Å². The van der Waals surface area contributed by atoms with Crippen LogP contribution >= 0.6 is 0 Å². The molecule has 2 heteroatoms. The summed E-state index contributed by atoms with van der Waals surface area (Å²) in [7, 11) is 0. The lowest BCUT2D eigenvalue weighted by molar-refractivity contribution is 0.475. The predicted molar refractivity (Wildman–Crippen MR) is 89.0 cm³/mol. The summed E-state index contributed by atoms with van der Waals surface area (Å²) in [5.41, 5.74) is 2.55. The number of rotatable bonds is 7. The van der Waals surface area contributed by atoms with Crippen molar-refractivity contribution in [2.45, 2.75) is 39.7 Å². The molecule has 0 radical (unpaired) electrons. The number of aryl methyl sites for hydroxylation is 1. The lowest BCUT2D eigenvalue weighted by Gasteiger charge is -2.17. The summed E-state index contributed by atoms with van der Waals surface area (Å²) in [4.78, 5) is 0. The van der Waals surface area contributed by atoms with Gasteiger partial charge in [-0.25, -0.2) is 0 Å². The van der Waals surface area contributed by atoms with Gasteiger partial charge in [-0.05, 0) is 48.7 Å². The van der Waals surface area contributed by atoms with E-state index >= 15 is 0 Å². The Bertz CT molecular complexity index is 548. The lowest BCUT2D eigenvalue weighted by Crippen LogP contribution is -2.19. The molecule has 0 aliphatic heterocycles. The van der Waals surface area contributed by atoms with Crippen molar-refractivity contribution < 1.29 is 4.74 Å². The summed E-state index contributed by atoms with van der Waals surface area (Å²) in [6.45, 7) is 7.48. The van der Waals surface area contributed by atoms with Gasteiger partial charge in [0, 0.05) is 6.04 Å². The molecule has 1 atom stereocenters. The van der Waals surface area contributed by atoms with Crippen molar-refractivity contribution in [3.63, 3.8) is 0 Å². The topological polar surface area (TPSA) is 21.3 Å². The molecule has 0 bridgehead atoms. The Morgan fingerprint density at radius 2 is 1.67 bits per heavy atom.